The Labute approximate surface area is 205 Å². The van der Waals surface area contributed by atoms with Gasteiger partial charge in [-0.2, -0.15) is 22.7 Å². The van der Waals surface area contributed by atoms with Gasteiger partial charge in [0.1, 0.15) is 12.7 Å². The quantitative estimate of drug-likeness (QED) is 0.258. The highest BCUT2D eigenvalue weighted by Gasteiger charge is 2.35. The molecule has 4 heterocycles. The van der Waals surface area contributed by atoms with E-state index in [-0.39, 0.29) is 11.4 Å². The van der Waals surface area contributed by atoms with Crippen LogP contribution in [0, 0.1) is 5.95 Å². The van der Waals surface area contributed by atoms with E-state index in [2.05, 4.69) is 20.1 Å². The normalized spacial score (nSPS) is 12.0. The van der Waals surface area contributed by atoms with Gasteiger partial charge in [0.15, 0.2) is 0 Å². The summed E-state index contributed by atoms with van der Waals surface area (Å²) >= 11 is 0. The van der Waals surface area contributed by atoms with Crippen molar-refractivity contribution in [2.75, 3.05) is 0 Å². The standard InChI is InChI=1S/C25H15F4N7O/c1-34-21-11-31-19-5-2-14(15-3-7-22(26)32-10-15)8-17(19)23(21)36(24(34)37)16-4-6-20(35-13-30-12-33-35)18(9-16)25(27,28)29/h2-13H,1H3. The Kier molecular flexibility index (Phi) is 4.93. The highest BCUT2D eigenvalue weighted by molar-refractivity contribution is 6.04. The van der Waals surface area contributed by atoms with Gasteiger partial charge < -0.3 is 0 Å². The Morgan fingerprint density at radius 2 is 1.73 bits per heavy atom. The fourth-order valence-electron chi connectivity index (χ4n) is 4.39. The minimum absolute atomic E-state index is 0.0214. The van der Waals surface area contributed by atoms with Gasteiger partial charge in [-0.1, -0.05) is 6.07 Å². The van der Waals surface area contributed by atoms with Crippen LogP contribution in [0.25, 0.3) is 44.4 Å². The molecule has 0 amide bonds. The molecule has 0 fully saturated rings. The van der Waals surface area contributed by atoms with E-state index in [1.165, 1.54) is 53.1 Å². The van der Waals surface area contributed by atoms with E-state index in [9.17, 15) is 22.4 Å². The topological polar surface area (TPSA) is 83.4 Å². The van der Waals surface area contributed by atoms with Gasteiger partial charge in [-0.3, -0.25) is 14.1 Å². The largest absolute Gasteiger partial charge is 0.418 e. The Morgan fingerprint density at radius 3 is 2.43 bits per heavy atom. The SMILES string of the molecule is Cn1c(=O)n(-c2ccc(-n3cncn3)c(C(F)(F)F)c2)c2c3cc(-c4ccc(F)nc4)ccc3ncc21. The summed E-state index contributed by atoms with van der Waals surface area (Å²) in [4.78, 5) is 25.2. The number of aryl methyl sites for hydroxylation is 1. The van der Waals surface area contributed by atoms with Crippen molar-refractivity contribution in [3.8, 4) is 22.5 Å². The molecule has 6 aromatic rings. The number of aromatic nitrogens is 7. The fourth-order valence-corrected chi connectivity index (χ4v) is 4.39. The molecule has 0 unspecified atom stereocenters. The van der Waals surface area contributed by atoms with Crippen molar-refractivity contribution >= 4 is 21.9 Å². The van der Waals surface area contributed by atoms with Crippen molar-refractivity contribution in [3.63, 3.8) is 0 Å². The fraction of sp³-hybridized carbons (Fsp3) is 0.0800. The first-order valence-corrected chi connectivity index (χ1v) is 10.9. The van der Waals surface area contributed by atoms with Gasteiger partial charge in [-0.05, 0) is 48.0 Å². The number of hydrogen-bond donors (Lipinski definition) is 0. The van der Waals surface area contributed by atoms with Crippen LogP contribution in [0.15, 0.2) is 78.4 Å². The molecule has 0 saturated carbocycles. The molecule has 0 spiro atoms. The first-order valence-electron chi connectivity index (χ1n) is 10.9. The maximum absolute atomic E-state index is 14.1. The molecule has 0 aliphatic heterocycles. The highest BCUT2D eigenvalue weighted by Crippen LogP contribution is 2.36. The van der Waals surface area contributed by atoms with E-state index in [1.807, 2.05) is 0 Å². The van der Waals surface area contributed by atoms with Crippen LogP contribution in [0.4, 0.5) is 17.6 Å². The number of rotatable bonds is 3. The van der Waals surface area contributed by atoms with E-state index in [0.29, 0.717) is 33.1 Å². The smallest absolute Gasteiger partial charge is 0.293 e. The summed E-state index contributed by atoms with van der Waals surface area (Å²) in [5.41, 5.74) is 0.928. The Bertz CT molecular complexity index is 1850. The third-order valence-electron chi connectivity index (χ3n) is 6.15. The Hall–Kier alpha value is -4.87. The second-order valence-corrected chi connectivity index (χ2v) is 8.31. The molecule has 37 heavy (non-hydrogen) atoms. The molecule has 184 valence electrons. The minimum atomic E-state index is -4.72. The van der Waals surface area contributed by atoms with Crippen LogP contribution in [-0.2, 0) is 13.2 Å². The number of fused-ring (bicyclic) bond motifs is 3. The van der Waals surface area contributed by atoms with Crippen molar-refractivity contribution in [1.29, 1.82) is 0 Å². The van der Waals surface area contributed by atoms with Crippen molar-refractivity contribution in [2.45, 2.75) is 6.18 Å². The second kappa shape index (κ2) is 8.08. The number of nitrogens with zero attached hydrogens (tertiary/aromatic N) is 7. The predicted molar refractivity (Wildman–Crippen MR) is 127 cm³/mol. The zero-order valence-electron chi connectivity index (χ0n) is 19.0. The lowest BCUT2D eigenvalue weighted by Gasteiger charge is -2.15. The summed E-state index contributed by atoms with van der Waals surface area (Å²) in [7, 11) is 1.52. The van der Waals surface area contributed by atoms with E-state index < -0.39 is 23.4 Å². The van der Waals surface area contributed by atoms with E-state index in [0.717, 1.165) is 17.1 Å². The van der Waals surface area contributed by atoms with Gasteiger partial charge in [0.25, 0.3) is 0 Å². The van der Waals surface area contributed by atoms with Crippen molar-refractivity contribution < 1.29 is 17.6 Å². The monoisotopic (exact) mass is 505 g/mol. The number of imidazole rings is 1. The highest BCUT2D eigenvalue weighted by atomic mass is 19.4. The van der Waals surface area contributed by atoms with Gasteiger partial charge in [0.2, 0.25) is 5.95 Å². The van der Waals surface area contributed by atoms with Crippen molar-refractivity contribution in [1.82, 2.24) is 33.9 Å². The lowest BCUT2D eigenvalue weighted by molar-refractivity contribution is -0.137. The van der Waals surface area contributed by atoms with Crippen molar-refractivity contribution in [2.24, 2.45) is 7.05 Å². The number of hydrogen-bond acceptors (Lipinski definition) is 5. The average Bonchev–Trinajstić information content (AvgIpc) is 3.51. The average molecular weight is 505 g/mol. The minimum Gasteiger partial charge on any atom is -0.293 e. The van der Waals surface area contributed by atoms with Crippen LogP contribution in [0.3, 0.4) is 0 Å². The van der Waals surface area contributed by atoms with Gasteiger partial charge in [-0.15, -0.1) is 0 Å². The first kappa shape index (κ1) is 22.6. The third kappa shape index (κ3) is 3.64. The molecule has 0 atom stereocenters. The maximum Gasteiger partial charge on any atom is 0.418 e. The molecule has 8 nitrogen and oxygen atoms in total. The van der Waals surface area contributed by atoms with Crippen LogP contribution in [0.1, 0.15) is 5.56 Å². The molecule has 2 aromatic carbocycles. The maximum atomic E-state index is 14.1. The van der Waals surface area contributed by atoms with Gasteiger partial charge in [0, 0.05) is 24.2 Å². The van der Waals surface area contributed by atoms with Gasteiger partial charge in [0.05, 0.1) is 39.7 Å². The van der Waals surface area contributed by atoms with Crippen molar-refractivity contribution in [3.05, 3.63) is 95.6 Å². The van der Waals surface area contributed by atoms with Crippen LogP contribution in [0.2, 0.25) is 0 Å². The first-order chi connectivity index (χ1) is 17.7. The predicted octanol–water partition coefficient (Wildman–Crippen LogP) is 4.68. The van der Waals surface area contributed by atoms with Crippen LogP contribution >= 0.6 is 0 Å². The molecular formula is C25H15F4N7O. The molecule has 6 rings (SSSR count). The number of halogens is 4. The lowest BCUT2D eigenvalue weighted by atomic mass is 10.0. The van der Waals surface area contributed by atoms with Gasteiger partial charge >= 0.3 is 11.9 Å². The molecule has 12 heteroatoms. The van der Waals surface area contributed by atoms with E-state index in [1.54, 1.807) is 24.3 Å². The van der Waals surface area contributed by atoms with E-state index >= 15 is 0 Å². The summed E-state index contributed by atoms with van der Waals surface area (Å²) < 4.78 is 59.1. The number of pyridine rings is 2. The molecule has 0 bridgehead atoms. The zero-order chi connectivity index (χ0) is 25.9. The van der Waals surface area contributed by atoms with Crippen LogP contribution in [-0.4, -0.2) is 33.9 Å². The molecule has 0 aliphatic rings. The molecule has 0 saturated heterocycles. The number of benzene rings is 2. The lowest BCUT2D eigenvalue weighted by Crippen LogP contribution is -2.21. The second-order valence-electron chi connectivity index (χ2n) is 8.31. The summed E-state index contributed by atoms with van der Waals surface area (Å²) in [5, 5.41) is 4.35. The van der Waals surface area contributed by atoms with Crippen LogP contribution < -0.4 is 5.69 Å². The summed E-state index contributed by atoms with van der Waals surface area (Å²) in [6, 6.07) is 11.6. The number of alkyl halides is 3. The molecule has 4 aromatic heterocycles. The Balaban J connectivity index is 1.65. The molecule has 0 aliphatic carbocycles. The molecule has 0 radical (unpaired) electrons. The summed E-state index contributed by atoms with van der Waals surface area (Å²) in [6.45, 7) is 0. The zero-order valence-corrected chi connectivity index (χ0v) is 19.0. The van der Waals surface area contributed by atoms with Crippen LogP contribution in [0.5, 0.6) is 0 Å². The third-order valence-corrected chi connectivity index (χ3v) is 6.15. The molecule has 0 N–H and O–H groups in total. The Morgan fingerprint density at radius 1 is 0.919 bits per heavy atom. The summed E-state index contributed by atoms with van der Waals surface area (Å²) in [6.07, 6.45) is 0.456. The van der Waals surface area contributed by atoms with E-state index in [4.69, 9.17) is 0 Å². The summed E-state index contributed by atoms with van der Waals surface area (Å²) in [5.74, 6) is -0.625. The molecular weight excluding hydrogens is 490 g/mol. The van der Waals surface area contributed by atoms with Gasteiger partial charge in [-0.25, -0.2) is 19.4 Å².